The summed E-state index contributed by atoms with van der Waals surface area (Å²) in [5.41, 5.74) is 5.47. The quantitative estimate of drug-likeness (QED) is 0.852. The van der Waals surface area contributed by atoms with Crippen LogP contribution in [-0.2, 0) is 10.0 Å². The summed E-state index contributed by atoms with van der Waals surface area (Å²) in [5, 5.41) is 0. The average Bonchev–Trinajstić information content (AvgIpc) is 2.40. The summed E-state index contributed by atoms with van der Waals surface area (Å²) in [4.78, 5) is 1.86. The van der Waals surface area contributed by atoms with Gasteiger partial charge in [0.15, 0.2) is 0 Å². The van der Waals surface area contributed by atoms with Crippen LogP contribution in [0.5, 0.6) is 0 Å². The lowest BCUT2D eigenvalue weighted by Gasteiger charge is -2.33. The Morgan fingerprint density at radius 3 is 2.37 bits per heavy atom. The van der Waals surface area contributed by atoms with E-state index in [4.69, 9.17) is 5.73 Å². The molecule has 0 amide bonds. The molecule has 0 radical (unpaired) electrons. The van der Waals surface area contributed by atoms with Crippen LogP contribution in [0.15, 0.2) is 29.2 Å². The highest BCUT2D eigenvalue weighted by molar-refractivity contribution is 7.89. The third-order valence-electron chi connectivity index (χ3n) is 3.23. The van der Waals surface area contributed by atoms with Crippen molar-refractivity contribution >= 4 is 10.0 Å². The molecular weight excluding hydrogens is 269 g/mol. The summed E-state index contributed by atoms with van der Waals surface area (Å²) in [7, 11) is -3.73. The zero-order valence-corrected chi connectivity index (χ0v) is 11.4. The van der Waals surface area contributed by atoms with Gasteiger partial charge in [-0.3, -0.25) is 4.90 Å². The van der Waals surface area contributed by atoms with Crippen molar-refractivity contribution < 1.29 is 12.8 Å². The molecule has 1 aliphatic heterocycles. The van der Waals surface area contributed by atoms with E-state index in [1.54, 1.807) is 0 Å². The maximum atomic E-state index is 13.6. The average molecular weight is 287 g/mol. The van der Waals surface area contributed by atoms with Crippen molar-refractivity contribution in [3.63, 3.8) is 0 Å². The topological polar surface area (TPSA) is 66.6 Å². The van der Waals surface area contributed by atoms with Crippen LogP contribution in [0, 0.1) is 5.82 Å². The van der Waals surface area contributed by atoms with Gasteiger partial charge in [-0.05, 0) is 12.1 Å². The number of benzene rings is 1. The molecule has 1 heterocycles. The van der Waals surface area contributed by atoms with Gasteiger partial charge in [-0.1, -0.05) is 12.1 Å². The summed E-state index contributed by atoms with van der Waals surface area (Å²) < 4.78 is 39.6. The zero-order chi connectivity index (χ0) is 13.9. The van der Waals surface area contributed by atoms with Crippen LogP contribution >= 0.6 is 0 Å². The fraction of sp³-hybridized carbons (Fsp3) is 0.500. The molecule has 106 valence electrons. The van der Waals surface area contributed by atoms with Crippen LogP contribution in [0.1, 0.15) is 0 Å². The second-order valence-corrected chi connectivity index (χ2v) is 6.37. The Bertz CT molecular complexity index is 528. The van der Waals surface area contributed by atoms with E-state index in [1.165, 1.54) is 22.5 Å². The van der Waals surface area contributed by atoms with Crippen LogP contribution in [-0.4, -0.2) is 56.9 Å². The molecule has 1 fully saturated rings. The Morgan fingerprint density at radius 2 is 1.79 bits per heavy atom. The molecule has 0 atom stereocenters. The maximum Gasteiger partial charge on any atom is 0.246 e. The van der Waals surface area contributed by atoms with E-state index in [-0.39, 0.29) is 4.90 Å². The van der Waals surface area contributed by atoms with Crippen molar-refractivity contribution in [2.24, 2.45) is 5.73 Å². The van der Waals surface area contributed by atoms with E-state index in [1.807, 2.05) is 0 Å². The summed E-state index contributed by atoms with van der Waals surface area (Å²) in [6, 6.07) is 5.47. The van der Waals surface area contributed by atoms with Crippen molar-refractivity contribution in [3.8, 4) is 0 Å². The van der Waals surface area contributed by atoms with E-state index in [2.05, 4.69) is 4.90 Å². The molecule has 0 unspecified atom stereocenters. The van der Waals surface area contributed by atoms with E-state index in [9.17, 15) is 12.8 Å². The van der Waals surface area contributed by atoms with Gasteiger partial charge in [-0.15, -0.1) is 0 Å². The highest BCUT2D eigenvalue weighted by Gasteiger charge is 2.29. The second-order valence-electron chi connectivity index (χ2n) is 4.46. The summed E-state index contributed by atoms with van der Waals surface area (Å²) in [5.74, 6) is -0.702. The van der Waals surface area contributed by atoms with Gasteiger partial charge >= 0.3 is 0 Å². The van der Waals surface area contributed by atoms with Crippen LogP contribution < -0.4 is 5.73 Å². The Hall–Kier alpha value is -1.02. The normalized spacial score (nSPS) is 18.6. The van der Waals surface area contributed by atoms with Crippen molar-refractivity contribution in [1.29, 1.82) is 0 Å². The number of hydrogen-bond donors (Lipinski definition) is 1. The number of rotatable bonds is 4. The Kier molecular flexibility index (Phi) is 4.51. The minimum Gasteiger partial charge on any atom is -0.329 e. The fourth-order valence-electron chi connectivity index (χ4n) is 2.17. The first-order chi connectivity index (χ1) is 9.05. The lowest BCUT2D eigenvalue weighted by molar-refractivity contribution is 0.192. The van der Waals surface area contributed by atoms with Crippen LogP contribution in [0.4, 0.5) is 4.39 Å². The zero-order valence-electron chi connectivity index (χ0n) is 10.6. The monoisotopic (exact) mass is 287 g/mol. The standard InChI is InChI=1S/C12H18FN3O2S/c13-11-3-1-2-4-12(11)19(17,18)16-9-7-15(6-5-14)8-10-16/h1-4H,5-10,14H2. The third kappa shape index (κ3) is 3.11. The van der Waals surface area contributed by atoms with Crippen molar-refractivity contribution in [2.75, 3.05) is 39.3 Å². The van der Waals surface area contributed by atoms with Crippen LogP contribution in [0.2, 0.25) is 0 Å². The predicted octanol–water partition coefficient (Wildman–Crippen LogP) is 0.0907. The van der Waals surface area contributed by atoms with Crippen LogP contribution in [0.25, 0.3) is 0 Å². The first-order valence-electron chi connectivity index (χ1n) is 6.23. The summed E-state index contributed by atoms with van der Waals surface area (Å²) >= 11 is 0. The van der Waals surface area contributed by atoms with Gasteiger partial charge in [-0.2, -0.15) is 4.31 Å². The lowest BCUT2D eigenvalue weighted by atomic mass is 10.3. The van der Waals surface area contributed by atoms with Gasteiger partial charge in [-0.25, -0.2) is 12.8 Å². The minimum absolute atomic E-state index is 0.248. The molecule has 7 heteroatoms. The number of hydrogen-bond acceptors (Lipinski definition) is 4. The maximum absolute atomic E-state index is 13.6. The first-order valence-corrected chi connectivity index (χ1v) is 7.67. The molecule has 1 saturated heterocycles. The molecule has 0 bridgehead atoms. The number of halogens is 1. The molecule has 0 saturated carbocycles. The molecule has 1 aromatic rings. The first kappa shape index (κ1) is 14.4. The molecule has 0 aliphatic carbocycles. The number of sulfonamides is 1. The predicted molar refractivity (Wildman–Crippen MR) is 70.7 cm³/mol. The SMILES string of the molecule is NCCN1CCN(S(=O)(=O)c2ccccc2F)CC1. The molecule has 1 aliphatic rings. The van der Waals surface area contributed by atoms with Gasteiger partial charge in [0.25, 0.3) is 0 Å². The summed E-state index contributed by atoms with van der Waals surface area (Å²) in [6.07, 6.45) is 0. The van der Waals surface area contributed by atoms with Gasteiger partial charge in [0, 0.05) is 39.3 Å². The van der Waals surface area contributed by atoms with Crippen molar-refractivity contribution in [1.82, 2.24) is 9.21 Å². The fourth-order valence-corrected chi connectivity index (χ4v) is 3.66. The van der Waals surface area contributed by atoms with Crippen molar-refractivity contribution in [3.05, 3.63) is 30.1 Å². The lowest BCUT2D eigenvalue weighted by Crippen LogP contribution is -2.49. The van der Waals surface area contributed by atoms with Gasteiger partial charge < -0.3 is 5.73 Å². The third-order valence-corrected chi connectivity index (χ3v) is 5.16. The molecule has 19 heavy (non-hydrogen) atoms. The smallest absolute Gasteiger partial charge is 0.246 e. The van der Waals surface area contributed by atoms with Gasteiger partial charge in [0.2, 0.25) is 10.0 Å². The van der Waals surface area contributed by atoms with Gasteiger partial charge in [0.05, 0.1) is 0 Å². The van der Waals surface area contributed by atoms with E-state index in [0.29, 0.717) is 32.7 Å². The second kappa shape index (κ2) is 5.96. The Labute approximate surface area is 112 Å². The van der Waals surface area contributed by atoms with E-state index >= 15 is 0 Å². The Morgan fingerprint density at radius 1 is 1.16 bits per heavy atom. The van der Waals surface area contributed by atoms with E-state index < -0.39 is 15.8 Å². The highest BCUT2D eigenvalue weighted by Crippen LogP contribution is 2.20. The minimum atomic E-state index is -3.73. The van der Waals surface area contributed by atoms with E-state index in [0.717, 1.165) is 12.6 Å². The Balaban J connectivity index is 2.12. The number of piperazine rings is 1. The highest BCUT2D eigenvalue weighted by atomic mass is 32.2. The molecule has 1 aromatic carbocycles. The van der Waals surface area contributed by atoms with Crippen LogP contribution in [0.3, 0.4) is 0 Å². The van der Waals surface area contributed by atoms with Gasteiger partial charge in [0.1, 0.15) is 10.7 Å². The van der Waals surface area contributed by atoms with Crippen molar-refractivity contribution in [2.45, 2.75) is 4.90 Å². The largest absolute Gasteiger partial charge is 0.329 e. The molecule has 2 rings (SSSR count). The number of nitrogens with zero attached hydrogens (tertiary/aromatic N) is 2. The number of nitrogens with two attached hydrogens (primary N) is 1. The molecule has 2 N–H and O–H groups in total. The summed E-state index contributed by atoms with van der Waals surface area (Å²) in [6.45, 7) is 3.32. The molecule has 5 nitrogen and oxygen atoms in total. The molecule has 0 spiro atoms. The molecular formula is C12H18FN3O2S. The molecule has 0 aromatic heterocycles.